The maximum atomic E-state index is 12.7. The zero-order valence-electron chi connectivity index (χ0n) is 12.2. The van der Waals surface area contributed by atoms with Crippen molar-refractivity contribution in [1.82, 2.24) is 5.32 Å². The molecule has 0 bridgehead atoms. The van der Waals surface area contributed by atoms with Gasteiger partial charge in [-0.15, -0.1) is 0 Å². The van der Waals surface area contributed by atoms with Crippen LogP contribution in [0.4, 0.5) is 0 Å². The van der Waals surface area contributed by atoms with Gasteiger partial charge in [-0.25, -0.2) is 0 Å². The highest BCUT2D eigenvalue weighted by Gasteiger charge is 2.26. The molecule has 1 N–H and O–H groups in total. The molecule has 0 saturated heterocycles. The molecular weight excluding hydrogens is 408 g/mol. The SMILES string of the molecule is N#CC(C(=O)c1ccccc1Cl)=C1NC(c2ccccc2)=C(Br)S1. The minimum absolute atomic E-state index is 0.0379. The minimum atomic E-state index is -0.396. The normalized spacial score (nSPS) is 15.7. The van der Waals surface area contributed by atoms with E-state index in [0.29, 0.717) is 15.6 Å². The van der Waals surface area contributed by atoms with Crippen molar-refractivity contribution in [3.05, 3.63) is 85.2 Å². The second-order valence-electron chi connectivity index (χ2n) is 4.87. The van der Waals surface area contributed by atoms with E-state index in [1.165, 1.54) is 11.8 Å². The van der Waals surface area contributed by atoms with Crippen LogP contribution < -0.4 is 5.32 Å². The zero-order chi connectivity index (χ0) is 17.1. The molecule has 3 nitrogen and oxygen atoms in total. The third-order valence-corrected chi connectivity index (χ3v) is 5.48. The first-order valence-electron chi connectivity index (χ1n) is 6.95. The van der Waals surface area contributed by atoms with E-state index >= 15 is 0 Å². The van der Waals surface area contributed by atoms with Crippen molar-refractivity contribution >= 4 is 50.8 Å². The number of nitrogens with zero attached hydrogens (tertiary/aromatic N) is 1. The van der Waals surface area contributed by atoms with Crippen LogP contribution in [0, 0.1) is 11.3 Å². The van der Waals surface area contributed by atoms with Crippen LogP contribution in [0.15, 0.2) is 69.0 Å². The molecule has 0 aromatic heterocycles. The Morgan fingerprint density at radius 3 is 2.46 bits per heavy atom. The smallest absolute Gasteiger partial charge is 0.207 e. The first-order chi connectivity index (χ1) is 11.6. The second kappa shape index (κ2) is 7.27. The van der Waals surface area contributed by atoms with Crippen LogP contribution in [-0.4, -0.2) is 5.78 Å². The lowest BCUT2D eigenvalue weighted by atomic mass is 10.0. The Labute approximate surface area is 157 Å². The number of rotatable bonds is 3. The van der Waals surface area contributed by atoms with Crippen LogP contribution in [0.25, 0.3) is 5.70 Å². The molecule has 0 saturated carbocycles. The lowest BCUT2D eigenvalue weighted by molar-refractivity contribution is 0.103. The number of hydrogen-bond acceptors (Lipinski definition) is 4. The molecule has 0 unspecified atom stereocenters. The Balaban J connectivity index is 1.97. The molecule has 0 radical (unpaired) electrons. The van der Waals surface area contributed by atoms with Crippen LogP contribution >= 0.6 is 39.3 Å². The summed E-state index contributed by atoms with van der Waals surface area (Å²) in [5, 5.41) is 13.5. The standard InChI is InChI=1S/C18H10BrClN2OS/c19-17-15(11-6-2-1-3-7-11)22-18(24-17)13(10-21)16(23)12-8-4-5-9-14(12)20/h1-9,22H. The number of hydrogen-bond donors (Lipinski definition) is 1. The van der Waals surface area contributed by atoms with Gasteiger partial charge < -0.3 is 5.32 Å². The molecule has 24 heavy (non-hydrogen) atoms. The number of allylic oxidation sites excluding steroid dienone is 1. The van der Waals surface area contributed by atoms with Crippen molar-refractivity contribution < 1.29 is 4.79 Å². The van der Waals surface area contributed by atoms with Crippen molar-refractivity contribution in [2.75, 3.05) is 0 Å². The maximum Gasteiger partial charge on any atom is 0.207 e. The minimum Gasteiger partial charge on any atom is -0.347 e. The van der Waals surface area contributed by atoms with Gasteiger partial charge in [-0.1, -0.05) is 65.8 Å². The number of ketones is 1. The molecule has 2 aromatic rings. The molecule has 0 atom stereocenters. The summed E-state index contributed by atoms with van der Waals surface area (Å²) in [4.78, 5) is 12.7. The van der Waals surface area contributed by atoms with Crippen LogP contribution in [0.3, 0.4) is 0 Å². The average molecular weight is 418 g/mol. The van der Waals surface area contributed by atoms with Crippen LogP contribution in [0.1, 0.15) is 15.9 Å². The summed E-state index contributed by atoms with van der Waals surface area (Å²) in [5.41, 5.74) is 2.15. The molecular formula is C18H10BrClN2OS. The molecule has 0 aliphatic carbocycles. The molecule has 1 aliphatic heterocycles. The number of nitriles is 1. The fourth-order valence-corrected chi connectivity index (χ4v) is 4.10. The molecule has 0 amide bonds. The Kier molecular flexibility index (Phi) is 5.10. The summed E-state index contributed by atoms with van der Waals surface area (Å²) >= 11 is 10.9. The predicted octanol–water partition coefficient (Wildman–Crippen LogP) is 5.32. The van der Waals surface area contributed by atoms with Crippen molar-refractivity contribution in [1.29, 1.82) is 5.26 Å². The Bertz CT molecular complexity index is 916. The lowest BCUT2D eigenvalue weighted by Gasteiger charge is -2.07. The van der Waals surface area contributed by atoms with Gasteiger partial charge in [0.1, 0.15) is 16.7 Å². The lowest BCUT2D eigenvalue weighted by Crippen LogP contribution is -2.12. The Hall–Kier alpha value is -2.00. The van der Waals surface area contributed by atoms with Gasteiger partial charge in [-0.3, -0.25) is 4.79 Å². The number of carbonyl (C=O) groups is 1. The molecule has 2 aromatic carbocycles. The Morgan fingerprint density at radius 2 is 1.79 bits per heavy atom. The average Bonchev–Trinajstić information content (AvgIpc) is 2.98. The van der Waals surface area contributed by atoms with E-state index in [9.17, 15) is 10.1 Å². The van der Waals surface area contributed by atoms with Gasteiger partial charge in [0.05, 0.1) is 14.5 Å². The van der Waals surface area contributed by atoms with Crippen molar-refractivity contribution in [3.8, 4) is 6.07 Å². The fourth-order valence-electron chi connectivity index (χ4n) is 2.22. The second-order valence-corrected chi connectivity index (χ2v) is 7.61. The van der Waals surface area contributed by atoms with Gasteiger partial charge >= 0.3 is 0 Å². The summed E-state index contributed by atoms with van der Waals surface area (Å²) in [6.45, 7) is 0. The van der Waals surface area contributed by atoms with Crippen LogP contribution in [0.5, 0.6) is 0 Å². The van der Waals surface area contributed by atoms with E-state index in [-0.39, 0.29) is 5.57 Å². The summed E-state index contributed by atoms with van der Waals surface area (Å²) in [6.07, 6.45) is 0. The van der Waals surface area contributed by atoms with Gasteiger partial charge in [0.25, 0.3) is 0 Å². The van der Waals surface area contributed by atoms with Crippen molar-refractivity contribution in [2.24, 2.45) is 0 Å². The third-order valence-electron chi connectivity index (χ3n) is 3.37. The summed E-state index contributed by atoms with van der Waals surface area (Å²) < 4.78 is 0.823. The van der Waals surface area contributed by atoms with Gasteiger partial charge in [0.15, 0.2) is 0 Å². The monoisotopic (exact) mass is 416 g/mol. The summed E-state index contributed by atoms with van der Waals surface area (Å²) in [5.74, 6) is -0.396. The van der Waals surface area contributed by atoms with E-state index in [0.717, 1.165) is 15.1 Å². The van der Waals surface area contributed by atoms with E-state index in [2.05, 4.69) is 21.2 Å². The Morgan fingerprint density at radius 1 is 1.12 bits per heavy atom. The zero-order valence-corrected chi connectivity index (χ0v) is 15.4. The van der Waals surface area contributed by atoms with E-state index in [4.69, 9.17) is 11.6 Å². The van der Waals surface area contributed by atoms with Gasteiger partial charge in [0.2, 0.25) is 5.78 Å². The maximum absolute atomic E-state index is 12.7. The third kappa shape index (κ3) is 3.27. The highest BCUT2D eigenvalue weighted by atomic mass is 79.9. The van der Waals surface area contributed by atoms with E-state index in [1.54, 1.807) is 24.3 Å². The number of nitrogens with one attached hydrogen (secondary N) is 1. The number of carbonyl (C=O) groups excluding carboxylic acids is 1. The molecule has 1 heterocycles. The van der Waals surface area contributed by atoms with Gasteiger partial charge in [-0.05, 0) is 33.6 Å². The molecule has 0 spiro atoms. The highest BCUT2D eigenvalue weighted by Crippen LogP contribution is 2.43. The number of halogens is 2. The molecule has 3 rings (SSSR count). The van der Waals surface area contributed by atoms with Crippen molar-refractivity contribution in [2.45, 2.75) is 0 Å². The highest BCUT2D eigenvalue weighted by molar-refractivity contribution is 9.14. The summed E-state index contributed by atoms with van der Waals surface area (Å²) in [7, 11) is 0. The molecule has 1 aliphatic rings. The predicted molar refractivity (Wildman–Crippen MR) is 101 cm³/mol. The number of Topliss-reactive ketones (excluding diaryl/α,β-unsaturated/α-hetero) is 1. The largest absolute Gasteiger partial charge is 0.347 e. The molecule has 6 heteroatoms. The quantitative estimate of drug-likeness (QED) is 0.417. The van der Waals surface area contributed by atoms with Crippen LogP contribution in [0.2, 0.25) is 5.02 Å². The molecule has 118 valence electrons. The fraction of sp³-hybridized carbons (Fsp3) is 0. The van der Waals surface area contributed by atoms with Gasteiger partial charge in [-0.2, -0.15) is 5.26 Å². The first kappa shape index (κ1) is 16.8. The summed E-state index contributed by atoms with van der Waals surface area (Å²) in [6, 6.07) is 18.4. The van der Waals surface area contributed by atoms with Crippen LogP contribution in [-0.2, 0) is 0 Å². The molecule has 0 fully saturated rings. The van der Waals surface area contributed by atoms with Gasteiger partial charge in [0, 0.05) is 5.56 Å². The van der Waals surface area contributed by atoms with Crippen molar-refractivity contribution in [3.63, 3.8) is 0 Å². The number of thioether (sulfide) groups is 1. The first-order valence-corrected chi connectivity index (χ1v) is 8.94. The van der Waals surface area contributed by atoms with E-state index in [1.807, 2.05) is 36.4 Å². The topological polar surface area (TPSA) is 52.9 Å². The number of benzene rings is 2. The van der Waals surface area contributed by atoms with E-state index < -0.39 is 5.78 Å².